The van der Waals surface area contributed by atoms with Crippen LogP contribution in [0.3, 0.4) is 0 Å². The van der Waals surface area contributed by atoms with Crippen LogP contribution in [0, 0.1) is 0 Å². The predicted octanol–water partition coefficient (Wildman–Crippen LogP) is 2.04. The van der Waals surface area contributed by atoms with Crippen molar-refractivity contribution in [3.8, 4) is 0 Å². The first-order valence-corrected chi connectivity index (χ1v) is 6.34. The van der Waals surface area contributed by atoms with E-state index in [4.69, 9.17) is 0 Å². The molecule has 0 aliphatic heterocycles. The molecule has 2 heteroatoms. The van der Waals surface area contributed by atoms with Crippen LogP contribution in [0.4, 0.5) is 0 Å². The van der Waals surface area contributed by atoms with Gasteiger partial charge >= 0.3 is 72.6 Å². The Morgan fingerprint density at radius 3 is 2.55 bits per heavy atom. The minimum atomic E-state index is 0.271. The molecule has 0 saturated heterocycles. The second kappa shape index (κ2) is 4.32. The van der Waals surface area contributed by atoms with Gasteiger partial charge in [0.15, 0.2) is 0 Å². The fourth-order valence-corrected chi connectivity index (χ4v) is 1.74. The van der Waals surface area contributed by atoms with Crippen molar-refractivity contribution in [1.82, 2.24) is 0 Å². The number of hydrogen-bond donors (Lipinski definition) is 0. The van der Waals surface area contributed by atoms with E-state index >= 15 is 0 Å². The summed E-state index contributed by atoms with van der Waals surface area (Å²) in [7, 11) is 0. The summed E-state index contributed by atoms with van der Waals surface area (Å²) in [6, 6.07) is 9.46. The van der Waals surface area contributed by atoms with Gasteiger partial charge in [-0.1, -0.05) is 0 Å². The van der Waals surface area contributed by atoms with Crippen molar-refractivity contribution in [1.29, 1.82) is 0 Å². The van der Waals surface area contributed by atoms with E-state index in [2.05, 4.69) is 5.82 Å². The van der Waals surface area contributed by atoms with Crippen LogP contribution >= 0.6 is 0 Å². The number of ketones is 1. The molecule has 0 aliphatic rings. The molecule has 0 fully saturated rings. The van der Waals surface area contributed by atoms with E-state index in [-0.39, 0.29) is 5.78 Å². The summed E-state index contributed by atoms with van der Waals surface area (Å²) in [6.45, 7) is 0. The Kier molecular flexibility index (Phi) is 3.34. The Morgan fingerprint density at radius 2 is 2.00 bits per heavy atom. The molecule has 0 spiro atoms. The molecule has 11 heavy (non-hydrogen) atoms. The van der Waals surface area contributed by atoms with Crippen LogP contribution in [0.5, 0.6) is 0 Å². The van der Waals surface area contributed by atoms with Crippen molar-refractivity contribution in [2.24, 2.45) is 0 Å². The van der Waals surface area contributed by atoms with Gasteiger partial charge in [0.1, 0.15) is 0 Å². The maximum absolute atomic E-state index is 11.3. The monoisotopic (exact) mass is 214 g/mol. The summed E-state index contributed by atoms with van der Waals surface area (Å²) in [4.78, 5) is 11.3. The first kappa shape index (κ1) is 8.51. The van der Waals surface area contributed by atoms with Gasteiger partial charge in [-0.3, -0.25) is 0 Å². The van der Waals surface area contributed by atoms with Gasteiger partial charge < -0.3 is 0 Å². The summed E-state index contributed by atoms with van der Waals surface area (Å²) < 4.78 is 0. The molecule has 0 aliphatic carbocycles. The molecular weight excluding hydrogens is 203 g/mol. The molecule has 1 aromatic rings. The molecule has 0 atom stereocenters. The predicted molar refractivity (Wildman–Crippen MR) is 47.2 cm³/mol. The van der Waals surface area contributed by atoms with E-state index in [1.54, 1.807) is 0 Å². The van der Waals surface area contributed by atoms with Gasteiger partial charge in [-0.15, -0.1) is 0 Å². The van der Waals surface area contributed by atoms with Crippen molar-refractivity contribution >= 4 is 20.7 Å². The summed E-state index contributed by atoms with van der Waals surface area (Å²) in [6.07, 6.45) is 0. The van der Waals surface area contributed by atoms with Crippen LogP contribution in [0.2, 0.25) is 11.1 Å². The molecule has 0 bridgehead atoms. The Hall–Kier alpha value is -0.591. The van der Waals surface area contributed by atoms with Gasteiger partial charge in [-0.25, -0.2) is 0 Å². The fourth-order valence-electron chi connectivity index (χ4n) is 0.838. The third-order valence-electron chi connectivity index (χ3n) is 1.37. The van der Waals surface area contributed by atoms with Crippen molar-refractivity contribution in [2.45, 2.75) is 11.1 Å². The van der Waals surface area contributed by atoms with Crippen LogP contribution in [0.15, 0.2) is 30.3 Å². The number of hydrogen-bond acceptors (Lipinski definition) is 1. The SMILES string of the molecule is C[Se]CC(=O)c1ccccc1. The third kappa shape index (κ3) is 2.49. The molecule has 58 valence electrons. The second-order valence-corrected chi connectivity index (χ2v) is 4.04. The quantitative estimate of drug-likeness (QED) is 0.554. The average molecular weight is 213 g/mol. The molecule has 0 heterocycles. The number of benzene rings is 1. The molecule has 0 aromatic heterocycles. The number of rotatable bonds is 3. The maximum atomic E-state index is 11.3. The molecule has 0 amide bonds. The van der Waals surface area contributed by atoms with Crippen LogP contribution in [0.25, 0.3) is 0 Å². The van der Waals surface area contributed by atoms with E-state index in [9.17, 15) is 4.79 Å². The van der Waals surface area contributed by atoms with Gasteiger partial charge in [0.2, 0.25) is 0 Å². The molecule has 1 aromatic carbocycles. The zero-order chi connectivity index (χ0) is 8.10. The molecule has 0 saturated carbocycles. The van der Waals surface area contributed by atoms with Crippen molar-refractivity contribution in [2.75, 3.05) is 0 Å². The fraction of sp³-hybridized carbons (Fsp3) is 0.222. The van der Waals surface area contributed by atoms with Crippen molar-refractivity contribution in [3.05, 3.63) is 35.9 Å². The van der Waals surface area contributed by atoms with Gasteiger partial charge in [-0.05, 0) is 0 Å². The van der Waals surface area contributed by atoms with E-state index in [0.717, 1.165) is 10.9 Å². The van der Waals surface area contributed by atoms with Crippen molar-refractivity contribution in [3.63, 3.8) is 0 Å². The van der Waals surface area contributed by atoms with Crippen LogP contribution in [-0.4, -0.2) is 20.7 Å². The zero-order valence-corrected chi connectivity index (χ0v) is 8.12. The van der Waals surface area contributed by atoms with E-state index in [1.165, 1.54) is 0 Å². The minimum absolute atomic E-state index is 0.271. The molecule has 1 nitrogen and oxygen atoms in total. The Bertz CT molecular complexity index is 231. The van der Waals surface area contributed by atoms with Gasteiger partial charge in [-0.2, -0.15) is 0 Å². The van der Waals surface area contributed by atoms with Gasteiger partial charge in [0, 0.05) is 0 Å². The van der Waals surface area contributed by atoms with Crippen LogP contribution < -0.4 is 0 Å². The second-order valence-electron chi connectivity index (χ2n) is 2.22. The van der Waals surface area contributed by atoms with E-state index in [1.807, 2.05) is 30.3 Å². The standard InChI is InChI=1S/C9H10OSe/c1-11-7-9(10)8-5-3-2-4-6-8/h2-6H,7H2,1H3. The number of carbonyl (C=O) groups is 1. The average Bonchev–Trinajstić information content (AvgIpc) is 2.07. The number of Topliss-reactive ketones (excluding diaryl/α,β-unsaturated/α-hetero) is 1. The van der Waals surface area contributed by atoms with Crippen molar-refractivity contribution < 1.29 is 4.79 Å². The van der Waals surface area contributed by atoms with Gasteiger partial charge in [0.25, 0.3) is 0 Å². The third-order valence-corrected chi connectivity index (χ3v) is 2.53. The number of carbonyl (C=O) groups excluding carboxylic acids is 1. The Labute approximate surface area is 73.0 Å². The summed E-state index contributed by atoms with van der Waals surface area (Å²) in [5.74, 6) is 2.35. The van der Waals surface area contributed by atoms with E-state index in [0.29, 0.717) is 15.0 Å². The summed E-state index contributed by atoms with van der Waals surface area (Å²) in [5.41, 5.74) is 0.844. The topological polar surface area (TPSA) is 17.1 Å². The molecule has 1 rings (SSSR count). The Morgan fingerprint density at radius 1 is 1.36 bits per heavy atom. The summed E-state index contributed by atoms with van der Waals surface area (Å²) in [5, 5.41) is 0.719. The normalized spacial score (nSPS) is 9.55. The van der Waals surface area contributed by atoms with Crippen LogP contribution in [0.1, 0.15) is 10.4 Å². The molecule has 0 radical (unpaired) electrons. The zero-order valence-electron chi connectivity index (χ0n) is 6.41. The Balaban J connectivity index is 2.69. The first-order chi connectivity index (χ1) is 5.34. The molecule has 0 N–H and O–H groups in total. The van der Waals surface area contributed by atoms with Crippen LogP contribution in [-0.2, 0) is 0 Å². The van der Waals surface area contributed by atoms with Gasteiger partial charge in [0.05, 0.1) is 0 Å². The summed E-state index contributed by atoms with van der Waals surface area (Å²) >= 11 is 0.451. The first-order valence-electron chi connectivity index (χ1n) is 3.42. The molecular formula is C9H10OSe. The van der Waals surface area contributed by atoms with E-state index < -0.39 is 0 Å². The molecule has 0 unspecified atom stereocenters.